The number of hydrogen-bond acceptors (Lipinski definition) is 7. The quantitative estimate of drug-likeness (QED) is 0.254. The third kappa shape index (κ3) is 5.51. The Morgan fingerprint density at radius 3 is 2.55 bits per heavy atom. The first-order chi connectivity index (χ1) is 20.6. The summed E-state index contributed by atoms with van der Waals surface area (Å²) in [5.41, 5.74) is 4.69. The lowest BCUT2D eigenvalue weighted by atomic mass is 9.92. The van der Waals surface area contributed by atoms with Gasteiger partial charge in [-0.15, -0.1) is 0 Å². The van der Waals surface area contributed by atoms with E-state index in [1.54, 1.807) is 20.4 Å². The maximum atomic E-state index is 14.1. The van der Waals surface area contributed by atoms with Crippen LogP contribution in [0.2, 0.25) is 0 Å². The van der Waals surface area contributed by atoms with Gasteiger partial charge in [-0.05, 0) is 59.5 Å². The van der Waals surface area contributed by atoms with Crippen molar-refractivity contribution >= 4 is 27.6 Å². The fourth-order valence-electron chi connectivity index (χ4n) is 5.76. The van der Waals surface area contributed by atoms with Crippen LogP contribution in [0.5, 0.6) is 5.75 Å². The molecule has 0 N–H and O–H groups in total. The summed E-state index contributed by atoms with van der Waals surface area (Å²) in [6, 6.07) is 21.4. The molecule has 0 saturated carbocycles. The summed E-state index contributed by atoms with van der Waals surface area (Å²) in [5, 5.41) is 10.8. The molecule has 0 radical (unpaired) electrons. The molecule has 1 aliphatic carbocycles. The summed E-state index contributed by atoms with van der Waals surface area (Å²) in [5.74, 6) is 0.576. The Balaban J connectivity index is 1.46. The van der Waals surface area contributed by atoms with Gasteiger partial charge in [0.2, 0.25) is 0 Å². The van der Waals surface area contributed by atoms with E-state index in [1.807, 2.05) is 58.6 Å². The van der Waals surface area contributed by atoms with E-state index in [-0.39, 0.29) is 18.3 Å². The summed E-state index contributed by atoms with van der Waals surface area (Å²) >= 11 is 0. The maximum Gasteiger partial charge on any atom is 0.158 e. The van der Waals surface area contributed by atoms with Gasteiger partial charge in [-0.2, -0.15) is 5.26 Å². The second-order valence-corrected chi connectivity index (χ2v) is 11.8. The Hall–Kier alpha value is -3.81. The van der Waals surface area contributed by atoms with Crippen LogP contribution in [0.4, 0.5) is 0 Å². The molecular formula is C33H33N3O5S. The molecule has 8 nitrogen and oxygen atoms in total. The van der Waals surface area contributed by atoms with Gasteiger partial charge in [0.05, 0.1) is 41.6 Å². The highest BCUT2D eigenvalue weighted by molar-refractivity contribution is 7.83. The van der Waals surface area contributed by atoms with Gasteiger partial charge in [0.25, 0.3) is 0 Å². The van der Waals surface area contributed by atoms with Crippen molar-refractivity contribution < 1.29 is 23.2 Å². The Morgan fingerprint density at radius 2 is 1.81 bits per heavy atom. The third-order valence-electron chi connectivity index (χ3n) is 8.01. The standard InChI is InChI=1S/C33H33N3O5S/c1-38-31-11-9-23(19-32(31)39-2)29-20-28-27(12-15-35-33(28)36(29)42(37)26-6-4-3-5-7-26)22-8-10-30(24(18-22)21-34)41-25-13-16-40-17-14-25/h3-10,12,15,18,20,25,31-32H,11,13-14,16-17,19H2,1-2H3. The first kappa shape index (κ1) is 28.3. The lowest BCUT2D eigenvalue weighted by Gasteiger charge is -2.29. The van der Waals surface area contributed by atoms with Crippen molar-refractivity contribution in [2.24, 2.45) is 0 Å². The molecule has 1 saturated heterocycles. The highest BCUT2D eigenvalue weighted by Crippen LogP contribution is 2.38. The lowest BCUT2D eigenvalue weighted by molar-refractivity contribution is -0.0341. The largest absolute Gasteiger partial charge is 0.489 e. The Bertz CT molecular complexity index is 1670. The molecule has 6 rings (SSSR count). The van der Waals surface area contributed by atoms with Gasteiger partial charge in [0, 0.05) is 45.1 Å². The molecule has 1 aliphatic heterocycles. The molecule has 42 heavy (non-hydrogen) atoms. The predicted molar refractivity (Wildman–Crippen MR) is 161 cm³/mol. The number of hydrogen-bond donors (Lipinski definition) is 0. The van der Waals surface area contributed by atoms with Crippen molar-refractivity contribution in [3.8, 4) is 22.9 Å². The van der Waals surface area contributed by atoms with Crippen LogP contribution >= 0.6 is 0 Å². The molecule has 2 aliphatic rings. The molecule has 4 aromatic rings. The number of ether oxygens (including phenoxy) is 4. The number of methoxy groups -OCH3 is 2. The topological polar surface area (TPSA) is 95.6 Å². The van der Waals surface area contributed by atoms with Gasteiger partial charge in [0.1, 0.15) is 17.9 Å². The predicted octanol–water partition coefficient (Wildman–Crippen LogP) is 5.91. The number of benzene rings is 2. The molecule has 216 valence electrons. The number of nitriles is 1. The second-order valence-electron chi connectivity index (χ2n) is 10.5. The second kappa shape index (κ2) is 12.6. The zero-order valence-corrected chi connectivity index (χ0v) is 24.5. The Labute approximate surface area is 248 Å². The minimum atomic E-state index is -1.55. The number of nitrogens with zero attached hydrogens (tertiary/aromatic N) is 3. The van der Waals surface area contributed by atoms with E-state index in [0.29, 0.717) is 47.9 Å². The summed E-state index contributed by atoms with van der Waals surface area (Å²) in [6.07, 6.45) is 6.64. The first-order valence-electron chi connectivity index (χ1n) is 14.1. The molecule has 1 fully saturated rings. The van der Waals surface area contributed by atoms with Crippen LogP contribution in [0.15, 0.2) is 77.8 Å². The van der Waals surface area contributed by atoms with Crippen LogP contribution in [0.1, 0.15) is 36.9 Å². The number of pyridine rings is 1. The number of fused-ring (bicyclic) bond motifs is 1. The van der Waals surface area contributed by atoms with Crippen molar-refractivity contribution in [2.45, 2.75) is 48.9 Å². The fourth-order valence-corrected chi connectivity index (χ4v) is 7.01. The molecular weight excluding hydrogens is 550 g/mol. The Kier molecular flexibility index (Phi) is 8.49. The van der Waals surface area contributed by atoms with E-state index in [0.717, 1.165) is 40.6 Å². The van der Waals surface area contributed by atoms with Crippen molar-refractivity contribution in [1.29, 1.82) is 5.26 Å². The van der Waals surface area contributed by atoms with E-state index in [1.165, 1.54) is 0 Å². The van der Waals surface area contributed by atoms with E-state index in [9.17, 15) is 9.47 Å². The van der Waals surface area contributed by atoms with Crippen LogP contribution in [0.25, 0.3) is 27.7 Å². The van der Waals surface area contributed by atoms with Gasteiger partial charge in [-0.1, -0.05) is 30.3 Å². The van der Waals surface area contributed by atoms with E-state index >= 15 is 0 Å². The summed E-state index contributed by atoms with van der Waals surface area (Å²) in [6.45, 7) is 1.33. The smallest absolute Gasteiger partial charge is 0.158 e. The first-order valence-corrected chi connectivity index (χ1v) is 15.2. The minimum absolute atomic E-state index is 0.0336. The highest BCUT2D eigenvalue weighted by Gasteiger charge is 2.30. The zero-order chi connectivity index (χ0) is 29.1. The molecule has 3 unspecified atom stereocenters. The van der Waals surface area contributed by atoms with Crippen LogP contribution < -0.4 is 4.74 Å². The Morgan fingerprint density at radius 1 is 1.02 bits per heavy atom. The average Bonchev–Trinajstić information content (AvgIpc) is 3.45. The van der Waals surface area contributed by atoms with Crippen LogP contribution in [-0.2, 0) is 25.2 Å². The molecule has 2 aromatic heterocycles. The zero-order valence-electron chi connectivity index (χ0n) is 23.7. The lowest BCUT2D eigenvalue weighted by Crippen LogP contribution is -2.32. The maximum absolute atomic E-state index is 14.1. The molecule has 0 spiro atoms. The summed E-state index contributed by atoms with van der Waals surface area (Å²) in [7, 11) is 1.84. The van der Waals surface area contributed by atoms with E-state index in [2.05, 4.69) is 18.2 Å². The molecule has 0 amide bonds. The van der Waals surface area contributed by atoms with Gasteiger partial charge < -0.3 is 18.9 Å². The number of rotatable bonds is 8. The third-order valence-corrected chi connectivity index (χ3v) is 9.39. The van der Waals surface area contributed by atoms with E-state index in [4.69, 9.17) is 23.9 Å². The summed E-state index contributed by atoms with van der Waals surface area (Å²) < 4.78 is 39.0. The van der Waals surface area contributed by atoms with Gasteiger partial charge in [-0.25, -0.2) is 13.2 Å². The van der Waals surface area contributed by atoms with Crippen molar-refractivity contribution in [2.75, 3.05) is 27.4 Å². The van der Waals surface area contributed by atoms with Crippen LogP contribution in [0, 0.1) is 11.3 Å². The van der Waals surface area contributed by atoms with E-state index < -0.39 is 11.0 Å². The number of aromatic nitrogens is 2. The monoisotopic (exact) mass is 583 g/mol. The fraction of sp³-hybridized carbons (Fsp3) is 0.333. The molecule has 2 aromatic carbocycles. The van der Waals surface area contributed by atoms with Gasteiger partial charge >= 0.3 is 0 Å². The molecule has 0 bridgehead atoms. The average molecular weight is 584 g/mol. The van der Waals surface area contributed by atoms with Crippen LogP contribution in [-0.4, -0.2) is 58.9 Å². The highest BCUT2D eigenvalue weighted by atomic mass is 32.2. The van der Waals surface area contributed by atoms with Crippen molar-refractivity contribution in [3.05, 3.63) is 84.2 Å². The summed E-state index contributed by atoms with van der Waals surface area (Å²) in [4.78, 5) is 5.40. The molecule has 3 atom stereocenters. The van der Waals surface area contributed by atoms with Gasteiger partial charge in [0.15, 0.2) is 16.6 Å². The van der Waals surface area contributed by atoms with Crippen molar-refractivity contribution in [3.63, 3.8) is 0 Å². The minimum Gasteiger partial charge on any atom is -0.489 e. The molecule has 9 heteroatoms. The SMILES string of the molecule is COC1CC=C(c2cc3c(-c4ccc(OC5CCOCC5)c(C#N)c4)ccnc3n2S(=O)c2ccccc2)CC1OC. The van der Waals surface area contributed by atoms with Gasteiger partial charge in [-0.3, -0.25) is 0 Å². The van der Waals surface area contributed by atoms with Crippen LogP contribution in [0.3, 0.4) is 0 Å². The van der Waals surface area contributed by atoms with Crippen molar-refractivity contribution in [1.82, 2.24) is 8.96 Å². The molecule has 3 heterocycles. The normalized spacial score (nSPS) is 20.2.